The van der Waals surface area contributed by atoms with E-state index in [0.29, 0.717) is 0 Å². The maximum Gasteiger partial charge on any atom is 0.410 e. The van der Waals surface area contributed by atoms with Crippen molar-refractivity contribution < 1.29 is 14.8 Å². The number of pyridine rings is 1. The summed E-state index contributed by atoms with van der Waals surface area (Å²) in [6.45, 7) is 0. The van der Waals surface area contributed by atoms with E-state index in [4.69, 9.17) is 5.11 Å². The van der Waals surface area contributed by atoms with Crippen LogP contribution in [0.1, 0.15) is 0 Å². The SMILES string of the molecule is O=C(O)Nc1ncccc1[N+](=O)[O-]. The predicted molar refractivity (Wildman–Crippen MR) is 42.5 cm³/mol. The number of aromatic nitrogens is 1. The standard InChI is InChI=1S/C6H5N3O4/c10-6(11)8-5-4(9(12)13)2-1-3-7-5/h1-3H,(H,7,8)(H,10,11). The highest BCUT2D eigenvalue weighted by atomic mass is 16.6. The summed E-state index contributed by atoms with van der Waals surface area (Å²) in [4.78, 5) is 23.3. The molecule has 1 aromatic heterocycles. The predicted octanol–water partition coefficient (Wildman–Crippen LogP) is 1.08. The molecule has 0 saturated heterocycles. The van der Waals surface area contributed by atoms with Crippen LogP contribution in [0.4, 0.5) is 16.3 Å². The van der Waals surface area contributed by atoms with E-state index in [1.165, 1.54) is 12.3 Å². The van der Waals surface area contributed by atoms with E-state index in [9.17, 15) is 14.9 Å². The molecule has 2 N–H and O–H groups in total. The Kier molecular flexibility index (Phi) is 2.38. The molecule has 1 rings (SSSR count). The molecule has 0 spiro atoms. The van der Waals surface area contributed by atoms with Gasteiger partial charge in [-0.3, -0.25) is 15.4 Å². The summed E-state index contributed by atoms with van der Waals surface area (Å²) in [5.41, 5.74) is -0.370. The second-order valence-electron chi connectivity index (χ2n) is 2.06. The Morgan fingerprint density at radius 1 is 1.69 bits per heavy atom. The van der Waals surface area contributed by atoms with Crippen LogP contribution in [0, 0.1) is 10.1 Å². The first-order chi connectivity index (χ1) is 6.11. The Balaban J connectivity index is 3.04. The van der Waals surface area contributed by atoms with Gasteiger partial charge in [-0.1, -0.05) is 0 Å². The van der Waals surface area contributed by atoms with Gasteiger partial charge >= 0.3 is 11.8 Å². The third-order valence-corrected chi connectivity index (χ3v) is 1.21. The zero-order valence-electron chi connectivity index (χ0n) is 6.30. The molecule has 7 heteroatoms. The van der Waals surface area contributed by atoms with Crippen LogP contribution in [0.5, 0.6) is 0 Å². The lowest BCUT2D eigenvalue weighted by Gasteiger charge is -1.99. The van der Waals surface area contributed by atoms with Gasteiger partial charge in [-0.25, -0.2) is 9.78 Å². The molecule has 1 amide bonds. The van der Waals surface area contributed by atoms with Crippen LogP contribution in [-0.2, 0) is 0 Å². The summed E-state index contributed by atoms with van der Waals surface area (Å²) in [7, 11) is 0. The van der Waals surface area contributed by atoms with Gasteiger partial charge in [0.2, 0.25) is 5.82 Å². The van der Waals surface area contributed by atoms with Gasteiger partial charge in [0.05, 0.1) is 4.92 Å². The van der Waals surface area contributed by atoms with Crippen molar-refractivity contribution in [1.29, 1.82) is 0 Å². The number of nitrogens with zero attached hydrogens (tertiary/aromatic N) is 2. The van der Waals surface area contributed by atoms with E-state index >= 15 is 0 Å². The molecule has 0 radical (unpaired) electrons. The summed E-state index contributed by atoms with van der Waals surface area (Å²) in [6, 6.07) is 2.52. The van der Waals surface area contributed by atoms with Gasteiger partial charge in [0, 0.05) is 12.3 Å². The minimum atomic E-state index is -1.39. The molecular weight excluding hydrogens is 178 g/mol. The van der Waals surface area contributed by atoms with E-state index in [-0.39, 0.29) is 11.5 Å². The van der Waals surface area contributed by atoms with Crippen LogP contribution in [0.15, 0.2) is 18.3 Å². The second-order valence-corrected chi connectivity index (χ2v) is 2.06. The van der Waals surface area contributed by atoms with Crippen molar-refractivity contribution in [3.05, 3.63) is 28.4 Å². The van der Waals surface area contributed by atoms with Crippen LogP contribution < -0.4 is 5.32 Å². The van der Waals surface area contributed by atoms with E-state index in [2.05, 4.69) is 4.98 Å². The van der Waals surface area contributed by atoms with E-state index in [0.717, 1.165) is 6.07 Å². The molecule has 68 valence electrons. The third kappa shape index (κ3) is 2.12. The van der Waals surface area contributed by atoms with Crippen LogP contribution in [0.25, 0.3) is 0 Å². The number of amides is 1. The number of anilines is 1. The second kappa shape index (κ2) is 3.48. The molecular formula is C6H5N3O4. The fourth-order valence-corrected chi connectivity index (χ4v) is 0.742. The van der Waals surface area contributed by atoms with Crippen molar-refractivity contribution in [3.8, 4) is 0 Å². The summed E-state index contributed by atoms with van der Waals surface area (Å²) in [5, 5.41) is 20.5. The minimum Gasteiger partial charge on any atom is -0.465 e. The zero-order chi connectivity index (χ0) is 9.84. The summed E-state index contributed by atoms with van der Waals surface area (Å²) >= 11 is 0. The first-order valence-electron chi connectivity index (χ1n) is 3.20. The lowest BCUT2D eigenvalue weighted by molar-refractivity contribution is -0.384. The molecule has 0 atom stereocenters. The van der Waals surface area contributed by atoms with Crippen molar-refractivity contribution in [2.24, 2.45) is 0 Å². The smallest absolute Gasteiger partial charge is 0.410 e. The first kappa shape index (κ1) is 8.91. The van der Waals surface area contributed by atoms with Gasteiger partial charge in [-0.05, 0) is 6.07 Å². The van der Waals surface area contributed by atoms with E-state index in [1.54, 1.807) is 0 Å². The number of rotatable bonds is 2. The Bertz CT molecular complexity index is 351. The van der Waals surface area contributed by atoms with Gasteiger partial charge in [-0.15, -0.1) is 0 Å². The van der Waals surface area contributed by atoms with Crippen LogP contribution in [-0.4, -0.2) is 21.1 Å². The highest BCUT2D eigenvalue weighted by molar-refractivity contribution is 5.84. The summed E-state index contributed by atoms with van der Waals surface area (Å²) in [6.07, 6.45) is -0.125. The molecule has 0 bridgehead atoms. The number of nitrogens with one attached hydrogen (secondary N) is 1. The number of nitro groups is 1. The lowest BCUT2D eigenvalue weighted by Crippen LogP contribution is -2.10. The molecule has 1 heterocycles. The molecule has 0 aliphatic carbocycles. The van der Waals surface area contributed by atoms with Crippen molar-refractivity contribution in [2.45, 2.75) is 0 Å². The Hall–Kier alpha value is -2.18. The van der Waals surface area contributed by atoms with Crippen molar-refractivity contribution in [2.75, 3.05) is 5.32 Å². The monoisotopic (exact) mass is 183 g/mol. The highest BCUT2D eigenvalue weighted by Crippen LogP contribution is 2.19. The van der Waals surface area contributed by atoms with Crippen LogP contribution >= 0.6 is 0 Å². The fraction of sp³-hybridized carbons (Fsp3) is 0. The molecule has 0 fully saturated rings. The number of carboxylic acid groups (broad SMARTS) is 1. The lowest BCUT2D eigenvalue weighted by atomic mass is 10.4. The third-order valence-electron chi connectivity index (χ3n) is 1.21. The quantitative estimate of drug-likeness (QED) is 0.527. The molecule has 0 aliphatic heterocycles. The van der Waals surface area contributed by atoms with Crippen molar-refractivity contribution in [1.82, 2.24) is 4.98 Å². The van der Waals surface area contributed by atoms with Gasteiger partial charge in [-0.2, -0.15) is 0 Å². The van der Waals surface area contributed by atoms with Gasteiger partial charge in [0.25, 0.3) is 0 Å². The van der Waals surface area contributed by atoms with Gasteiger partial charge in [0.15, 0.2) is 0 Å². The average Bonchev–Trinajstić information content (AvgIpc) is 2.03. The molecule has 0 aromatic carbocycles. The summed E-state index contributed by atoms with van der Waals surface area (Å²) in [5.74, 6) is -0.278. The van der Waals surface area contributed by atoms with E-state index in [1.807, 2.05) is 5.32 Å². The maximum atomic E-state index is 10.3. The normalized spacial score (nSPS) is 9.23. The molecule has 13 heavy (non-hydrogen) atoms. The minimum absolute atomic E-state index is 0.278. The topological polar surface area (TPSA) is 105 Å². The summed E-state index contributed by atoms with van der Waals surface area (Å²) < 4.78 is 0. The van der Waals surface area contributed by atoms with E-state index < -0.39 is 11.0 Å². The largest absolute Gasteiger partial charge is 0.465 e. The number of carbonyl (C=O) groups is 1. The van der Waals surface area contributed by atoms with Crippen LogP contribution in [0.3, 0.4) is 0 Å². The highest BCUT2D eigenvalue weighted by Gasteiger charge is 2.15. The Labute approximate surface area is 72.2 Å². The molecule has 1 aromatic rings. The first-order valence-corrected chi connectivity index (χ1v) is 3.20. The zero-order valence-corrected chi connectivity index (χ0v) is 6.30. The van der Waals surface area contributed by atoms with Gasteiger partial charge < -0.3 is 5.11 Å². The van der Waals surface area contributed by atoms with Crippen molar-refractivity contribution >= 4 is 17.6 Å². The maximum absolute atomic E-state index is 10.3. The Morgan fingerprint density at radius 2 is 2.38 bits per heavy atom. The number of hydrogen-bond donors (Lipinski definition) is 2. The van der Waals surface area contributed by atoms with Crippen molar-refractivity contribution in [3.63, 3.8) is 0 Å². The average molecular weight is 183 g/mol. The molecule has 0 saturated carbocycles. The molecule has 0 aliphatic rings. The Morgan fingerprint density at radius 3 is 2.92 bits per heavy atom. The number of hydrogen-bond acceptors (Lipinski definition) is 4. The molecule has 7 nitrogen and oxygen atoms in total. The van der Waals surface area contributed by atoms with Gasteiger partial charge in [0.1, 0.15) is 0 Å². The van der Waals surface area contributed by atoms with Crippen LogP contribution in [0.2, 0.25) is 0 Å². The molecule has 0 unspecified atom stereocenters. The fourth-order valence-electron chi connectivity index (χ4n) is 0.742.